The Morgan fingerprint density at radius 1 is 0.606 bits per heavy atom. The third-order valence-corrected chi connectivity index (χ3v) is 6.24. The first-order chi connectivity index (χ1) is 15.8. The summed E-state index contributed by atoms with van der Waals surface area (Å²) in [6.45, 7) is 1.28. The highest BCUT2D eigenvalue weighted by Crippen LogP contribution is 2.29. The first-order valence-corrected chi connectivity index (χ1v) is 12.1. The van der Waals surface area contributed by atoms with Crippen molar-refractivity contribution in [1.29, 1.82) is 0 Å². The van der Waals surface area contributed by atoms with Crippen LogP contribution >= 0.6 is 0 Å². The third kappa shape index (κ3) is 8.04. The highest BCUT2D eigenvalue weighted by Gasteiger charge is 2.50. The van der Waals surface area contributed by atoms with Crippen molar-refractivity contribution in [3.63, 3.8) is 0 Å². The van der Waals surface area contributed by atoms with E-state index in [1.807, 2.05) is 0 Å². The second-order valence-corrected chi connectivity index (χ2v) is 8.85. The first kappa shape index (κ1) is 28.8. The van der Waals surface area contributed by atoms with E-state index >= 15 is 0 Å². The van der Waals surface area contributed by atoms with Gasteiger partial charge in [-0.05, 0) is 6.42 Å². The van der Waals surface area contributed by atoms with Gasteiger partial charge in [0.05, 0.1) is 13.2 Å². The standard InChI is InChI=1S/C22H42O11/c1-2-3-4-5-6-7-8-9-10-30-21-19(29)17(27)20(14(12-24)32-21)33-22-18(28)16(26)15(25)13(11-23)31-22/h13-29H,2-12H2,1H3/t13?,14?,15-,16+,17?,18?,19+,20-,21-,22-/m1/s1. The number of hydrogen-bond acceptors (Lipinski definition) is 11. The molecule has 2 heterocycles. The molecular weight excluding hydrogens is 440 g/mol. The monoisotopic (exact) mass is 482 g/mol. The molecule has 7 N–H and O–H groups in total. The Hall–Kier alpha value is -0.440. The van der Waals surface area contributed by atoms with Gasteiger partial charge in [-0.15, -0.1) is 0 Å². The second-order valence-electron chi connectivity index (χ2n) is 8.85. The summed E-state index contributed by atoms with van der Waals surface area (Å²) < 4.78 is 22.0. The van der Waals surface area contributed by atoms with Crippen molar-refractivity contribution in [3.8, 4) is 0 Å². The number of aliphatic hydroxyl groups is 7. The Balaban J connectivity index is 1.82. The van der Waals surface area contributed by atoms with E-state index in [1.54, 1.807) is 0 Å². The smallest absolute Gasteiger partial charge is 0.187 e. The minimum atomic E-state index is -1.69. The molecule has 0 bridgehead atoms. The molecule has 11 heteroatoms. The molecule has 0 aromatic rings. The van der Waals surface area contributed by atoms with Crippen LogP contribution in [0, 0.1) is 0 Å². The van der Waals surface area contributed by atoms with Crippen LogP contribution in [0.5, 0.6) is 0 Å². The molecular formula is C22H42O11. The molecule has 2 aliphatic rings. The number of hydrogen-bond donors (Lipinski definition) is 7. The summed E-state index contributed by atoms with van der Waals surface area (Å²) in [7, 11) is 0. The molecule has 0 radical (unpaired) electrons. The van der Waals surface area contributed by atoms with Crippen LogP contribution in [0.2, 0.25) is 0 Å². The average Bonchev–Trinajstić information content (AvgIpc) is 2.82. The summed E-state index contributed by atoms with van der Waals surface area (Å²) in [5, 5.41) is 69.9. The van der Waals surface area contributed by atoms with Crippen LogP contribution in [0.15, 0.2) is 0 Å². The van der Waals surface area contributed by atoms with Gasteiger partial charge in [0.1, 0.15) is 48.8 Å². The van der Waals surface area contributed by atoms with Crippen molar-refractivity contribution in [2.24, 2.45) is 0 Å². The van der Waals surface area contributed by atoms with Crippen LogP contribution < -0.4 is 0 Å². The lowest BCUT2D eigenvalue weighted by atomic mass is 9.97. The number of unbranched alkanes of at least 4 members (excludes halogenated alkanes) is 7. The lowest BCUT2D eigenvalue weighted by Gasteiger charge is -2.45. The summed E-state index contributed by atoms with van der Waals surface area (Å²) in [6, 6.07) is 0. The fourth-order valence-electron chi connectivity index (χ4n) is 4.13. The molecule has 0 aromatic carbocycles. The Kier molecular flexibility index (Phi) is 13.0. The molecule has 2 aliphatic heterocycles. The lowest BCUT2D eigenvalue weighted by molar-refractivity contribution is -0.359. The summed E-state index contributed by atoms with van der Waals surface area (Å²) >= 11 is 0. The van der Waals surface area contributed by atoms with Crippen LogP contribution in [0.4, 0.5) is 0 Å². The van der Waals surface area contributed by atoms with Gasteiger partial charge in [-0.3, -0.25) is 0 Å². The van der Waals surface area contributed by atoms with Crippen LogP contribution in [0.3, 0.4) is 0 Å². The maximum absolute atomic E-state index is 10.6. The van der Waals surface area contributed by atoms with Gasteiger partial charge in [0.25, 0.3) is 0 Å². The van der Waals surface area contributed by atoms with Gasteiger partial charge < -0.3 is 54.7 Å². The highest BCUT2D eigenvalue weighted by atomic mass is 16.7. The molecule has 196 valence electrons. The van der Waals surface area contributed by atoms with Crippen molar-refractivity contribution < 1.29 is 54.7 Å². The predicted molar refractivity (Wildman–Crippen MR) is 115 cm³/mol. The largest absolute Gasteiger partial charge is 0.394 e. The summed E-state index contributed by atoms with van der Waals surface area (Å²) in [5.41, 5.74) is 0. The molecule has 0 aromatic heterocycles. The molecule has 10 atom stereocenters. The molecule has 4 unspecified atom stereocenters. The van der Waals surface area contributed by atoms with Crippen molar-refractivity contribution in [3.05, 3.63) is 0 Å². The molecule has 2 saturated heterocycles. The van der Waals surface area contributed by atoms with Crippen LogP contribution in [-0.2, 0) is 18.9 Å². The maximum atomic E-state index is 10.6. The zero-order chi connectivity index (χ0) is 24.4. The summed E-state index contributed by atoms with van der Waals surface area (Å²) in [6.07, 6.45) is -5.35. The van der Waals surface area contributed by atoms with Crippen LogP contribution in [0.1, 0.15) is 58.3 Å². The Morgan fingerprint density at radius 3 is 1.76 bits per heavy atom. The Morgan fingerprint density at radius 2 is 1.15 bits per heavy atom. The quantitative estimate of drug-likeness (QED) is 0.147. The maximum Gasteiger partial charge on any atom is 0.187 e. The second kappa shape index (κ2) is 14.8. The minimum absolute atomic E-state index is 0.319. The van der Waals surface area contributed by atoms with E-state index in [1.165, 1.54) is 32.1 Å². The number of aliphatic hydroxyl groups excluding tert-OH is 7. The topological polar surface area (TPSA) is 179 Å². The Labute approximate surface area is 194 Å². The van der Waals surface area contributed by atoms with E-state index in [-0.39, 0.29) is 0 Å². The molecule has 33 heavy (non-hydrogen) atoms. The minimum Gasteiger partial charge on any atom is -0.394 e. The highest BCUT2D eigenvalue weighted by molar-refractivity contribution is 4.94. The number of ether oxygens (including phenoxy) is 4. The zero-order valence-electron chi connectivity index (χ0n) is 19.3. The zero-order valence-corrected chi connectivity index (χ0v) is 19.3. The van der Waals surface area contributed by atoms with Gasteiger partial charge in [0, 0.05) is 6.61 Å². The molecule has 2 rings (SSSR count). The van der Waals surface area contributed by atoms with E-state index in [4.69, 9.17) is 18.9 Å². The van der Waals surface area contributed by atoms with Gasteiger partial charge in [0.15, 0.2) is 12.6 Å². The SMILES string of the molecule is CCCCCCCCCCO[C@@H]1OC(CO)[C@@H](O[C@H]2OC(CO)[C@@H](O)[C@H](O)C2O)C(O)[C@@H]1O. The van der Waals surface area contributed by atoms with Crippen molar-refractivity contribution in [2.45, 2.75) is 120 Å². The lowest BCUT2D eigenvalue weighted by Crippen LogP contribution is -2.64. The first-order valence-electron chi connectivity index (χ1n) is 12.1. The van der Waals surface area contributed by atoms with E-state index in [2.05, 4.69) is 6.92 Å². The van der Waals surface area contributed by atoms with E-state index in [0.29, 0.717) is 6.61 Å². The van der Waals surface area contributed by atoms with Gasteiger partial charge in [0.2, 0.25) is 0 Å². The molecule has 0 spiro atoms. The fraction of sp³-hybridized carbons (Fsp3) is 1.00. The van der Waals surface area contributed by atoms with Gasteiger partial charge in [-0.2, -0.15) is 0 Å². The van der Waals surface area contributed by atoms with Gasteiger partial charge in [-0.25, -0.2) is 0 Å². The third-order valence-electron chi connectivity index (χ3n) is 6.24. The Bertz CT molecular complexity index is 521. The van der Waals surface area contributed by atoms with E-state index < -0.39 is 74.6 Å². The van der Waals surface area contributed by atoms with E-state index in [9.17, 15) is 35.7 Å². The van der Waals surface area contributed by atoms with Gasteiger partial charge >= 0.3 is 0 Å². The van der Waals surface area contributed by atoms with Gasteiger partial charge in [-0.1, -0.05) is 51.9 Å². The normalized spacial score (nSPS) is 39.6. The molecule has 2 fully saturated rings. The molecule has 0 amide bonds. The number of rotatable bonds is 14. The van der Waals surface area contributed by atoms with Crippen molar-refractivity contribution >= 4 is 0 Å². The van der Waals surface area contributed by atoms with Crippen molar-refractivity contribution in [1.82, 2.24) is 0 Å². The van der Waals surface area contributed by atoms with E-state index in [0.717, 1.165) is 19.3 Å². The fourth-order valence-corrected chi connectivity index (χ4v) is 4.13. The molecule has 0 aliphatic carbocycles. The average molecular weight is 483 g/mol. The summed E-state index contributed by atoms with van der Waals surface area (Å²) in [5.74, 6) is 0. The summed E-state index contributed by atoms with van der Waals surface area (Å²) in [4.78, 5) is 0. The molecule has 11 nitrogen and oxygen atoms in total. The van der Waals surface area contributed by atoms with Crippen LogP contribution in [-0.4, -0.2) is 117 Å². The molecule has 0 saturated carbocycles. The predicted octanol–water partition coefficient (Wildman–Crippen LogP) is -1.23. The van der Waals surface area contributed by atoms with Crippen LogP contribution in [0.25, 0.3) is 0 Å². The van der Waals surface area contributed by atoms with Crippen molar-refractivity contribution in [2.75, 3.05) is 19.8 Å².